The van der Waals surface area contributed by atoms with Crippen LogP contribution in [0.25, 0.3) is 0 Å². The lowest BCUT2D eigenvalue weighted by Crippen LogP contribution is -2.23. The number of benzene rings is 1. The standard InChI is InChI=1S/C12H12BrN3O/c1-16-7-6-11(15-16)8-14-12(17)9-2-4-10(13)5-3-9/h2-7H,8H2,1H3,(H,14,17). The Labute approximate surface area is 108 Å². The first-order valence-electron chi connectivity index (χ1n) is 5.17. The van der Waals surface area contributed by atoms with E-state index in [1.807, 2.05) is 31.4 Å². The van der Waals surface area contributed by atoms with E-state index >= 15 is 0 Å². The van der Waals surface area contributed by atoms with E-state index in [2.05, 4.69) is 26.3 Å². The molecule has 1 aromatic heterocycles. The molecular weight excluding hydrogens is 282 g/mol. The Morgan fingerprint density at radius 2 is 2.06 bits per heavy atom. The van der Waals surface area contributed by atoms with Crippen LogP contribution in [-0.2, 0) is 13.6 Å². The highest BCUT2D eigenvalue weighted by Gasteiger charge is 2.05. The zero-order valence-corrected chi connectivity index (χ0v) is 10.9. The molecule has 1 amide bonds. The van der Waals surface area contributed by atoms with E-state index in [1.54, 1.807) is 16.8 Å². The van der Waals surface area contributed by atoms with Gasteiger partial charge in [-0.05, 0) is 30.3 Å². The Balaban J connectivity index is 1.95. The van der Waals surface area contributed by atoms with Gasteiger partial charge < -0.3 is 5.32 Å². The fourth-order valence-electron chi connectivity index (χ4n) is 1.43. The van der Waals surface area contributed by atoms with Crippen LogP contribution in [-0.4, -0.2) is 15.7 Å². The summed E-state index contributed by atoms with van der Waals surface area (Å²) in [5.74, 6) is -0.0943. The number of halogens is 1. The van der Waals surface area contributed by atoms with Gasteiger partial charge in [0, 0.05) is 23.3 Å². The van der Waals surface area contributed by atoms with Crippen molar-refractivity contribution in [2.24, 2.45) is 7.05 Å². The van der Waals surface area contributed by atoms with E-state index in [4.69, 9.17) is 0 Å². The van der Waals surface area contributed by atoms with Crippen LogP contribution in [0.2, 0.25) is 0 Å². The van der Waals surface area contributed by atoms with E-state index in [9.17, 15) is 4.79 Å². The molecule has 2 rings (SSSR count). The quantitative estimate of drug-likeness (QED) is 0.942. The van der Waals surface area contributed by atoms with Gasteiger partial charge in [0.1, 0.15) is 0 Å². The fraction of sp³-hybridized carbons (Fsp3) is 0.167. The SMILES string of the molecule is Cn1ccc(CNC(=O)c2ccc(Br)cc2)n1. The van der Waals surface area contributed by atoms with Crippen LogP contribution in [0.5, 0.6) is 0 Å². The summed E-state index contributed by atoms with van der Waals surface area (Å²) >= 11 is 3.33. The van der Waals surface area contributed by atoms with E-state index in [-0.39, 0.29) is 5.91 Å². The van der Waals surface area contributed by atoms with Crippen LogP contribution in [0.1, 0.15) is 16.1 Å². The molecule has 0 saturated carbocycles. The Morgan fingerprint density at radius 1 is 1.35 bits per heavy atom. The van der Waals surface area contributed by atoms with Crippen LogP contribution < -0.4 is 5.32 Å². The topological polar surface area (TPSA) is 46.9 Å². The molecule has 0 aliphatic carbocycles. The highest BCUT2D eigenvalue weighted by molar-refractivity contribution is 9.10. The summed E-state index contributed by atoms with van der Waals surface area (Å²) in [6, 6.07) is 9.11. The van der Waals surface area contributed by atoms with Crippen molar-refractivity contribution in [2.45, 2.75) is 6.54 Å². The number of rotatable bonds is 3. The smallest absolute Gasteiger partial charge is 0.251 e. The van der Waals surface area contributed by atoms with Crippen molar-refractivity contribution < 1.29 is 4.79 Å². The third-order valence-corrected chi connectivity index (χ3v) is 2.83. The van der Waals surface area contributed by atoms with E-state index in [1.165, 1.54) is 0 Å². The van der Waals surface area contributed by atoms with Gasteiger partial charge in [-0.25, -0.2) is 0 Å². The largest absolute Gasteiger partial charge is 0.346 e. The van der Waals surface area contributed by atoms with E-state index in [0.29, 0.717) is 12.1 Å². The first kappa shape index (κ1) is 11.9. The maximum absolute atomic E-state index is 11.8. The first-order valence-corrected chi connectivity index (χ1v) is 5.97. The lowest BCUT2D eigenvalue weighted by molar-refractivity contribution is 0.0950. The normalized spacial score (nSPS) is 10.2. The van der Waals surface area contributed by atoms with E-state index in [0.717, 1.165) is 10.2 Å². The second kappa shape index (κ2) is 5.14. The zero-order chi connectivity index (χ0) is 12.3. The third kappa shape index (κ3) is 3.17. The highest BCUT2D eigenvalue weighted by atomic mass is 79.9. The maximum atomic E-state index is 11.8. The number of hydrogen-bond donors (Lipinski definition) is 1. The Kier molecular flexibility index (Phi) is 3.58. The molecule has 88 valence electrons. The van der Waals surface area contributed by atoms with Crippen LogP contribution in [0, 0.1) is 0 Å². The lowest BCUT2D eigenvalue weighted by atomic mass is 10.2. The van der Waals surface area contributed by atoms with E-state index < -0.39 is 0 Å². The average Bonchev–Trinajstić information content (AvgIpc) is 2.73. The second-order valence-corrected chi connectivity index (χ2v) is 4.59. The monoisotopic (exact) mass is 293 g/mol. The predicted molar refractivity (Wildman–Crippen MR) is 68.5 cm³/mol. The number of nitrogens with zero attached hydrogens (tertiary/aromatic N) is 2. The van der Waals surface area contributed by atoms with Crippen LogP contribution >= 0.6 is 15.9 Å². The minimum Gasteiger partial charge on any atom is -0.346 e. The molecule has 0 radical (unpaired) electrons. The maximum Gasteiger partial charge on any atom is 0.251 e. The molecule has 1 N–H and O–H groups in total. The molecule has 4 nitrogen and oxygen atoms in total. The minimum atomic E-state index is -0.0943. The lowest BCUT2D eigenvalue weighted by Gasteiger charge is -2.03. The summed E-state index contributed by atoms with van der Waals surface area (Å²) in [6.07, 6.45) is 1.85. The zero-order valence-electron chi connectivity index (χ0n) is 9.35. The number of amides is 1. The number of nitrogens with one attached hydrogen (secondary N) is 1. The molecule has 0 aliphatic rings. The molecule has 0 aliphatic heterocycles. The average molecular weight is 294 g/mol. The van der Waals surface area contributed by atoms with Crippen molar-refractivity contribution in [3.8, 4) is 0 Å². The number of aromatic nitrogens is 2. The summed E-state index contributed by atoms with van der Waals surface area (Å²) < 4.78 is 2.67. The third-order valence-electron chi connectivity index (χ3n) is 2.31. The summed E-state index contributed by atoms with van der Waals surface area (Å²) in [6.45, 7) is 0.440. The Hall–Kier alpha value is -1.62. The van der Waals surface area contributed by atoms with Gasteiger partial charge in [0.2, 0.25) is 0 Å². The Morgan fingerprint density at radius 3 is 2.65 bits per heavy atom. The van der Waals surface area contributed by atoms with Crippen molar-refractivity contribution in [3.05, 3.63) is 52.3 Å². The van der Waals surface area contributed by atoms with Crippen molar-refractivity contribution in [3.63, 3.8) is 0 Å². The number of aryl methyl sites for hydroxylation is 1. The van der Waals surface area contributed by atoms with Crippen LogP contribution in [0.15, 0.2) is 41.0 Å². The van der Waals surface area contributed by atoms with Crippen molar-refractivity contribution in [1.82, 2.24) is 15.1 Å². The number of carbonyl (C=O) groups excluding carboxylic acids is 1. The molecular formula is C12H12BrN3O. The first-order chi connectivity index (χ1) is 8.15. The molecule has 0 saturated heterocycles. The molecule has 17 heavy (non-hydrogen) atoms. The van der Waals surface area contributed by atoms with Crippen molar-refractivity contribution >= 4 is 21.8 Å². The van der Waals surface area contributed by atoms with Gasteiger partial charge in [0.25, 0.3) is 5.91 Å². The molecule has 1 heterocycles. The molecule has 0 bridgehead atoms. The highest BCUT2D eigenvalue weighted by Crippen LogP contribution is 2.10. The van der Waals surface area contributed by atoms with Gasteiger partial charge >= 0.3 is 0 Å². The van der Waals surface area contributed by atoms with Crippen LogP contribution in [0.4, 0.5) is 0 Å². The van der Waals surface area contributed by atoms with Gasteiger partial charge in [-0.1, -0.05) is 15.9 Å². The van der Waals surface area contributed by atoms with Crippen LogP contribution in [0.3, 0.4) is 0 Å². The number of carbonyl (C=O) groups is 1. The fourth-order valence-corrected chi connectivity index (χ4v) is 1.70. The Bertz CT molecular complexity index is 519. The summed E-state index contributed by atoms with van der Waals surface area (Å²) in [5.41, 5.74) is 1.49. The van der Waals surface area contributed by atoms with Crippen molar-refractivity contribution in [2.75, 3.05) is 0 Å². The minimum absolute atomic E-state index is 0.0943. The van der Waals surface area contributed by atoms with Crippen molar-refractivity contribution in [1.29, 1.82) is 0 Å². The van der Waals surface area contributed by atoms with Gasteiger partial charge in [0.15, 0.2) is 0 Å². The summed E-state index contributed by atoms with van der Waals surface area (Å²) in [7, 11) is 1.85. The second-order valence-electron chi connectivity index (χ2n) is 3.67. The predicted octanol–water partition coefficient (Wildman–Crippen LogP) is 2.11. The number of hydrogen-bond acceptors (Lipinski definition) is 2. The molecule has 1 aromatic carbocycles. The summed E-state index contributed by atoms with van der Waals surface area (Å²) in [4.78, 5) is 11.8. The molecule has 2 aromatic rings. The van der Waals surface area contributed by atoms with Gasteiger partial charge in [-0.2, -0.15) is 5.10 Å². The molecule has 0 unspecified atom stereocenters. The van der Waals surface area contributed by atoms with Gasteiger partial charge in [-0.15, -0.1) is 0 Å². The summed E-state index contributed by atoms with van der Waals surface area (Å²) in [5, 5.41) is 7.00. The van der Waals surface area contributed by atoms with Gasteiger partial charge in [-0.3, -0.25) is 9.48 Å². The molecule has 5 heteroatoms. The molecule has 0 spiro atoms. The molecule has 0 fully saturated rings. The van der Waals surface area contributed by atoms with Gasteiger partial charge in [0.05, 0.1) is 12.2 Å². The molecule has 0 atom stereocenters.